The summed E-state index contributed by atoms with van der Waals surface area (Å²) in [4.78, 5) is 32.3. The molecule has 2 atom stereocenters. The second-order valence-electron chi connectivity index (χ2n) is 8.36. The third-order valence-corrected chi connectivity index (χ3v) is 5.74. The number of rotatable bonds is 7. The Bertz CT molecular complexity index is 1250. The number of aldehydes is 1. The van der Waals surface area contributed by atoms with Crippen LogP contribution in [0.5, 0.6) is 0 Å². The first kappa shape index (κ1) is 24.9. The van der Waals surface area contributed by atoms with Crippen LogP contribution in [-0.4, -0.2) is 35.1 Å². The van der Waals surface area contributed by atoms with E-state index in [1.54, 1.807) is 7.11 Å². The Morgan fingerprint density at radius 2 is 1.74 bits per heavy atom. The molecule has 34 heavy (non-hydrogen) atoms. The minimum Gasteiger partial charge on any atom is -0.460 e. The number of para-hydroxylation sites is 1. The minimum atomic E-state index is -0.897. The van der Waals surface area contributed by atoms with Crippen molar-refractivity contribution in [2.75, 3.05) is 7.11 Å². The lowest BCUT2D eigenvalue weighted by Crippen LogP contribution is -2.42. The van der Waals surface area contributed by atoms with Crippen LogP contribution in [0.25, 0.3) is 21.8 Å². The topological polar surface area (TPSA) is 96.4 Å². The highest BCUT2D eigenvalue weighted by Crippen LogP contribution is 2.28. The molecule has 0 saturated carbocycles. The van der Waals surface area contributed by atoms with Gasteiger partial charge in [0.05, 0.1) is 11.2 Å². The third kappa shape index (κ3) is 5.43. The lowest BCUT2D eigenvalue weighted by atomic mass is 9.90. The molecule has 2 aromatic heterocycles. The Balaban J connectivity index is 0.000000191. The molecule has 0 spiro atoms. The van der Waals surface area contributed by atoms with Gasteiger partial charge < -0.3 is 20.1 Å². The van der Waals surface area contributed by atoms with Crippen LogP contribution in [0.4, 0.5) is 0 Å². The number of fused-ring (bicyclic) bond motifs is 3. The van der Waals surface area contributed by atoms with Crippen molar-refractivity contribution in [1.29, 1.82) is 0 Å². The number of hydrogen-bond acceptors (Lipinski definition) is 6. The second-order valence-corrected chi connectivity index (χ2v) is 8.36. The van der Waals surface area contributed by atoms with E-state index < -0.39 is 17.9 Å². The number of carbonyl (C=O) groups is 2. The minimum absolute atomic E-state index is 0.0155. The van der Waals surface area contributed by atoms with Crippen LogP contribution in [0, 0.1) is 18.8 Å². The van der Waals surface area contributed by atoms with Crippen molar-refractivity contribution in [3.63, 3.8) is 0 Å². The van der Waals surface area contributed by atoms with Crippen LogP contribution in [-0.2, 0) is 20.9 Å². The highest BCUT2D eigenvalue weighted by atomic mass is 16.6. The van der Waals surface area contributed by atoms with Gasteiger partial charge >= 0.3 is 5.97 Å². The molecule has 0 bridgehead atoms. The van der Waals surface area contributed by atoms with Crippen LogP contribution in [0.2, 0.25) is 0 Å². The number of aryl methyl sites for hydroxylation is 1. The maximum atomic E-state index is 11.7. The molecular weight excluding hydrogens is 430 g/mol. The van der Waals surface area contributed by atoms with Gasteiger partial charge in [0.1, 0.15) is 31.6 Å². The molecule has 7 nitrogen and oxygen atoms in total. The third-order valence-electron chi connectivity index (χ3n) is 5.74. The molecule has 0 fully saturated rings. The van der Waals surface area contributed by atoms with Gasteiger partial charge in [0, 0.05) is 22.9 Å². The van der Waals surface area contributed by atoms with Crippen molar-refractivity contribution in [3.05, 3.63) is 78.1 Å². The molecule has 0 saturated heterocycles. The number of hydrogen-bond donors (Lipinski definition) is 1. The standard InChI is InChI=1S/C14H19NO3.C13H12N2O/c1-10(2)12(8-16)13(15)14(17)18-9-11-6-4-3-5-7-11;1-9-13-11(7-8-14-9)10-5-3-4-6-12(10)15(13)16-2/h3-8,10,12-13H,9,15H2,1-2H3;3-8H,1-2H3. The summed E-state index contributed by atoms with van der Waals surface area (Å²) in [6.45, 7) is 5.88. The van der Waals surface area contributed by atoms with Gasteiger partial charge in [-0.05, 0) is 30.5 Å². The molecule has 0 aliphatic rings. The highest BCUT2D eigenvalue weighted by molar-refractivity contribution is 6.08. The molecule has 2 heterocycles. The Labute approximate surface area is 199 Å². The first-order valence-corrected chi connectivity index (χ1v) is 11.2. The fraction of sp³-hybridized carbons (Fsp3) is 0.296. The lowest BCUT2D eigenvalue weighted by Gasteiger charge is -2.20. The number of benzene rings is 2. The number of nitrogens with two attached hydrogens (primary N) is 1. The van der Waals surface area contributed by atoms with Crippen molar-refractivity contribution in [2.45, 2.75) is 33.4 Å². The van der Waals surface area contributed by atoms with E-state index >= 15 is 0 Å². The SMILES string of the molecule is CC(C)C(C=O)C(N)C(=O)OCc1ccccc1.COn1c2ccccc2c2ccnc(C)c21. The number of esters is 1. The van der Waals surface area contributed by atoms with E-state index in [0.29, 0.717) is 0 Å². The van der Waals surface area contributed by atoms with Gasteiger partial charge in [-0.15, -0.1) is 0 Å². The maximum Gasteiger partial charge on any atom is 0.323 e. The van der Waals surface area contributed by atoms with Gasteiger partial charge in [0.2, 0.25) is 0 Å². The monoisotopic (exact) mass is 461 g/mol. The molecule has 178 valence electrons. The predicted octanol–water partition coefficient (Wildman–Crippen LogP) is 4.08. The summed E-state index contributed by atoms with van der Waals surface area (Å²) < 4.78 is 6.94. The van der Waals surface area contributed by atoms with Crippen LogP contribution in [0.3, 0.4) is 0 Å². The fourth-order valence-corrected chi connectivity index (χ4v) is 3.86. The van der Waals surface area contributed by atoms with Crippen molar-refractivity contribution >= 4 is 34.1 Å². The van der Waals surface area contributed by atoms with E-state index in [2.05, 4.69) is 17.1 Å². The molecule has 4 aromatic rings. The van der Waals surface area contributed by atoms with E-state index in [1.165, 1.54) is 10.8 Å². The predicted molar refractivity (Wildman–Crippen MR) is 133 cm³/mol. The molecule has 2 unspecified atom stereocenters. The van der Waals surface area contributed by atoms with Crippen LogP contribution < -0.4 is 10.6 Å². The normalized spacial score (nSPS) is 12.6. The van der Waals surface area contributed by atoms with E-state index in [9.17, 15) is 9.59 Å². The van der Waals surface area contributed by atoms with Crippen molar-refractivity contribution < 1.29 is 19.2 Å². The van der Waals surface area contributed by atoms with Crippen LogP contribution in [0.1, 0.15) is 25.1 Å². The summed E-state index contributed by atoms with van der Waals surface area (Å²) in [6, 6.07) is 18.7. The van der Waals surface area contributed by atoms with Gasteiger partial charge in [-0.2, -0.15) is 4.73 Å². The molecular formula is C27H31N3O4. The average molecular weight is 462 g/mol. The van der Waals surface area contributed by atoms with Gasteiger partial charge in [-0.25, -0.2) is 0 Å². The Hall–Kier alpha value is -3.71. The second kappa shape index (κ2) is 11.4. The molecule has 0 aliphatic carbocycles. The Morgan fingerprint density at radius 3 is 2.38 bits per heavy atom. The van der Waals surface area contributed by atoms with Gasteiger partial charge in [0.15, 0.2) is 0 Å². The summed E-state index contributed by atoms with van der Waals surface area (Å²) in [5.74, 6) is -1.03. The van der Waals surface area contributed by atoms with E-state index in [0.717, 1.165) is 28.6 Å². The Morgan fingerprint density at radius 1 is 1.06 bits per heavy atom. The summed E-state index contributed by atoms with van der Waals surface area (Å²) >= 11 is 0. The zero-order valence-corrected chi connectivity index (χ0v) is 20.0. The van der Waals surface area contributed by atoms with Crippen molar-refractivity contribution in [2.24, 2.45) is 17.6 Å². The molecule has 0 radical (unpaired) electrons. The zero-order chi connectivity index (χ0) is 24.7. The number of carbonyl (C=O) groups excluding carboxylic acids is 2. The van der Waals surface area contributed by atoms with Gasteiger partial charge in [-0.1, -0.05) is 62.4 Å². The van der Waals surface area contributed by atoms with Gasteiger partial charge in [-0.3, -0.25) is 9.78 Å². The summed E-state index contributed by atoms with van der Waals surface area (Å²) in [5.41, 5.74) is 9.73. The molecule has 7 heteroatoms. The first-order valence-electron chi connectivity index (χ1n) is 11.2. The molecule has 0 amide bonds. The number of ether oxygens (including phenoxy) is 1. The van der Waals surface area contributed by atoms with E-state index in [4.69, 9.17) is 15.3 Å². The van der Waals surface area contributed by atoms with E-state index in [-0.39, 0.29) is 12.5 Å². The number of nitrogens with zero attached hydrogens (tertiary/aromatic N) is 2. The largest absolute Gasteiger partial charge is 0.460 e. The van der Waals surface area contributed by atoms with E-state index in [1.807, 2.05) is 80.2 Å². The molecule has 0 aliphatic heterocycles. The van der Waals surface area contributed by atoms with Gasteiger partial charge in [0.25, 0.3) is 0 Å². The highest BCUT2D eigenvalue weighted by Gasteiger charge is 2.28. The lowest BCUT2D eigenvalue weighted by molar-refractivity contribution is -0.149. The van der Waals surface area contributed by atoms with Crippen LogP contribution in [0.15, 0.2) is 66.9 Å². The molecule has 4 rings (SSSR count). The maximum absolute atomic E-state index is 11.7. The Kier molecular flexibility index (Phi) is 8.38. The zero-order valence-electron chi connectivity index (χ0n) is 20.0. The fourth-order valence-electron chi connectivity index (χ4n) is 3.86. The van der Waals surface area contributed by atoms with Crippen molar-refractivity contribution in [3.8, 4) is 0 Å². The summed E-state index contributed by atoms with van der Waals surface area (Å²) in [5, 5.41) is 2.38. The van der Waals surface area contributed by atoms with Crippen molar-refractivity contribution in [1.82, 2.24) is 9.71 Å². The quantitative estimate of drug-likeness (QED) is 0.329. The number of pyridine rings is 1. The first-order chi connectivity index (χ1) is 16.4. The summed E-state index contributed by atoms with van der Waals surface area (Å²) in [7, 11) is 1.68. The summed E-state index contributed by atoms with van der Waals surface area (Å²) in [6.07, 6.45) is 2.56. The molecule has 2 N–H and O–H groups in total. The number of aromatic nitrogens is 2. The smallest absolute Gasteiger partial charge is 0.323 e. The molecule has 2 aromatic carbocycles. The van der Waals surface area contributed by atoms with Crippen LogP contribution >= 0.6 is 0 Å². The average Bonchev–Trinajstić information content (AvgIpc) is 3.19.